The van der Waals surface area contributed by atoms with Crippen molar-refractivity contribution in [1.82, 2.24) is 9.97 Å². The van der Waals surface area contributed by atoms with Crippen LogP contribution in [0.3, 0.4) is 0 Å². The number of aromatic amines is 2. The molecule has 18 heavy (non-hydrogen) atoms. The summed E-state index contributed by atoms with van der Waals surface area (Å²) >= 11 is 0. The minimum absolute atomic E-state index is 0.455. The van der Waals surface area contributed by atoms with Crippen molar-refractivity contribution in [2.24, 2.45) is 0 Å². The van der Waals surface area contributed by atoms with Crippen LogP contribution < -0.4 is 33.5 Å². The Morgan fingerprint density at radius 1 is 0.667 bits per heavy atom. The SMILES string of the molecule is Nc1[nH]c2c(P)c3c(N)c(N)[nH]c3c(P)c2c1N. The first-order chi connectivity index (χ1) is 8.43. The van der Waals surface area contributed by atoms with E-state index in [1.165, 1.54) is 0 Å². The zero-order chi connectivity index (χ0) is 13.2. The summed E-state index contributed by atoms with van der Waals surface area (Å²) in [5.41, 5.74) is 26.4. The smallest absolute Gasteiger partial charge is 0.125 e. The van der Waals surface area contributed by atoms with Crippen LogP contribution in [0.25, 0.3) is 21.8 Å². The first-order valence-electron chi connectivity index (χ1n) is 5.23. The van der Waals surface area contributed by atoms with Gasteiger partial charge in [-0.3, -0.25) is 0 Å². The number of fused-ring (bicyclic) bond motifs is 2. The fourth-order valence-corrected chi connectivity index (χ4v) is 3.31. The third-order valence-electron chi connectivity index (χ3n) is 3.22. The molecule has 0 saturated heterocycles. The largest absolute Gasteiger partial charge is 0.395 e. The Morgan fingerprint density at radius 2 is 1.00 bits per heavy atom. The van der Waals surface area contributed by atoms with Gasteiger partial charge in [0.2, 0.25) is 0 Å². The molecule has 0 radical (unpaired) electrons. The number of nitrogen functional groups attached to an aromatic ring is 4. The van der Waals surface area contributed by atoms with E-state index in [1.807, 2.05) is 0 Å². The number of benzene rings is 1. The second kappa shape index (κ2) is 3.44. The van der Waals surface area contributed by atoms with Crippen molar-refractivity contribution in [1.29, 1.82) is 0 Å². The summed E-state index contributed by atoms with van der Waals surface area (Å²) in [5, 5.41) is 3.55. The average molecular weight is 280 g/mol. The molecule has 0 spiro atoms. The van der Waals surface area contributed by atoms with Gasteiger partial charge < -0.3 is 32.9 Å². The van der Waals surface area contributed by atoms with Crippen LogP contribution in [-0.2, 0) is 0 Å². The molecule has 0 aliphatic heterocycles. The van der Waals surface area contributed by atoms with Gasteiger partial charge in [-0.05, 0) is 0 Å². The molecule has 0 bridgehead atoms. The lowest BCUT2D eigenvalue weighted by Gasteiger charge is -2.05. The fraction of sp³-hybridized carbons (Fsp3) is 0. The van der Waals surface area contributed by atoms with E-state index in [1.54, 1.807) is 0 Å². The van der Waals surface area contributed by atoms with Crippen LogP contribution in [0.15, 0.2) is 0 Å². The maximum Gasteiger partial charge on any atom is 0.125 e. The van der Waals surface area contributed by atoms with Gasteiger partial charge in [-0.2, -0.15) is 0 Å². The van der Waals surface area contributed by atoms with Crippen molar-refractivity contribution in [2.75, 3.05) is 22.9 Å². The minimum Gasteiger partial charge on any atom is -0.395 e. The zero-order valence-electron chi connectivity index (χ0n) is 9.46. The van der Waals surface area contributed by atoms with Gasteiger partial charge in [-0.15, -0.1) is 18.5 Å². The van der Waals surface area contributed by atoms with Gasteiger partial charge in [0.1, 0.15) is 11.6 Å². The van der Waals surface area contributed by atoms with Crippen molar-refractivity contribution in [3.05, 3.63) is 0 Å². The Bertz CT molecular complexity index is 732. The first kappa shape index (κ1) is 11.5. The summed E-state index contributed by atoms with van der Waals surface area (Å²) in [6, 6.07) is 0. The molecule has 2 unspecified atom stereocenters. The molecule has 6 nitrogen and oxygen atoms in total. The first-order valence-corrected chi connectivity index (χ1v) is 6.39. The number of nitrogens with two attached hydrogens (primary N) is 4. The van der Waals surface area contributed by atoms with Crippen molar-refractivity contribution in [3.8, 4) is 0 Å². The van der Waals surface area contributed by atoms with E-state index in [0.29, 0.717) is 23.0 Å². The number of hydrogen-bond donors (Lipinski definition) is 6. The molecule has 1 aromatic carbocycles. The summed E-state index contributed by atoms with van der Waals surface area (Å²) in [4.78, 5) is 6.15. The van der Waals surface area contributed by atoms with E-state index >= 15 is 0 Å². The van der Waals surface area contributed by atoms with Crippen LogP contribution in [0.2, 0.25) is 0 Å². The Hall–Kier alpha value is -1.64. The lowest BCUT2D eigenvalue weighted by Crippen LogP contribution is -2.06. The summed E-state index contributed by atoms with van der Waals surface area (Å²) in [6.07, 6.45) is 0. The number of aromatic nitrogens is 2. The summed E-state index contributed by atoms with van der Waals surface area (Å²) in [5.74, 6) is 0.910. The molecule has 0 fully saturated rings. The number of hydrogen-bond acceptors (Lipinski definition) is 4. The van der Waals surface area contributed by atoms with Crippen LogP contribution >= 0.6 is 18.5 Å². The highest BCUT2D eigenvalue weighted by atomic mass is 31.0. The summed E-state index contributed by atoms with van der Waals surface area (Å²) in [6.45, 7) is 0. The molecule has 3 rings (SSSR count). The molecular formula is C10H14N6P2. The van der Waals surface area contributed by atoms with E-state index in [9.17, 15) is 0 Å². The van der Waals surface area contributed by atoms with Crippen LogP contribution in [0, 0.1) is 0 Å². The molecule has 8 heteroatoms. The van der Waals surface area contributed by atoms with E-state index < -0.39 is 0 Å². The van der Waals surface area contributed by atoms with Crippen molar-refractivity contribution in [2.45, 2.75) is 0 Å². The molecule has 3 aromatic rings. The van der Waals surface area contributed by atoms with E-state index in [-0.39, 0.29) is 0 Å². The standard InChI is InChI=1S/C10H14N6P2/c11-3-1-5(15-9(3)13)8(18)2-4(12)10(14)16-6(2)7(1)17/h15-16H,11-14,17-18H2. The van der Waals surface area contributed by atoms with Crippen LogP contribution in [0.1, 0.15) is 0 Å². The monoisotopic (exact) mass is 280 g/mol. The third kappa shape index (κ3) is 1.19. The lowest BCUT2D eigenvalue weighted by atomic mass is 10.1. The highest BCUT2D eigenvalue weighted by molar-refractivity contribution is 7.31. The van der Waals surface area contributed by atoms with Crippen LogP contribution in [0.5, 0.6) is 0 Å². The van der Waals surface area contributed by atoms with Gasteiger partial charge in [-0.25, -0.2) is 0 Å². The summed E-state index contributed by atoms with van der Waals surface area (Å²) in [7, 11) is 5.31. The second-order valence-electron chi connectivity index (χ2n) is 4.23. The van der Waals surface area contributed by atoms with Crippen molar-refractivity contribution < 1.29 is 0 Å². The molecule has 0 aliphatic carbocycles. The number of H-pyrrole nitrogens is 2. The third-order valence-corrected chi connectivity index (χ3v) is 4.37. The molecule has 2 aromatic heterocycles. The highest BCUT2D eigenvalue weighted by Gasteiger charge is 2.19. The van der Waals surface area contributed by atoms with Crippen LogP contribution in [0.4, 0.5) is 23.0 Å². The molecule has 0 aliphatic rings. The average Bonchev–Trinajstić information content (AvgIpc) is 2.78. The van der Waals surface area contributed by atoms with Gasteiger partial charge in [0.15, 0.2) is 0 Å². The number of nitrogens with one attached hydrogen (secondary N) is 2. The minimum atomic E-state index is 0.455. The van der Waals surface area contributed by atoms with Crippen LogP contribution in [-0.4, -0.2) is 9.97 Å². The molecule has 2 heterocycles. The summed E-state index contributed by atoms with van der Waals surface area (Å²) < 4.78 is 0. The molecule has 0 amide bonds. The van der Waals surface area contributed by atoms with Gasteiger partial charge in [0.05, 0.1) is 22.4 Å². The maximum absolute atomic E-state index is 5.99. The maximum atomic E-state index is 5.99. The van der Waals surface area contributed by atoms with Gasteiger partial charge in [-0.1, -0.05) is 0 Å². The van der Waals surface area contributed by atoms with E-state index in [4.69, 9.17) is 22.9 Å². The van der Waals surface area contributed by atoms with Gasteiger partial charge >= 0.3 is 0 Å². The van der Waals surface area contributed by atoms with Crippen molar-refractivity contribution >= 4 is 73.9 Å². The Morgan fingerprint density at radius 3 is 1.33 bits per heavy atom. The molecule has 2 atom stereocenters. The normalized spacial score (nSPS) is 11.7. The lowest BCUT2D eigenvalue weighted by molar-refractivity contribution is 1.48. The zero-order valence-corrected chi connectivity index (χ0v) is 11.8. The number of anilines is 4. The molecular weight excluding hydrogens is 266 g/mol. The molecule has 0 saturated carbocycles. The topological polar surface area (TPSA) is 136 Å². The van der Waals surface area contributed by atoms with Gasteiger partial charge in [0.25, 0.3) is 0 Å². The number of rotatable bonds is 0. The second-order valence-corrected chi connectivity index (χ2v) is 5.39. The molecule has 10 N–H and O–H groups in total. The Balaban J connectivity index is 2.69. The molecule has 94 valence electrons. The Labute approximate surface area is 107 Å². The van der Waals surface area contributed by atoms with Crippen molar-refractivity contribution in [3.63, 3.8) is 0 Å². The Kier molecular flexibility index (Phi) is 2.19. The predicted octanol–water partition coefficient (Wildman–Crippen LogP) is -0.0212. The fourth-order valence-electron chi connectivity index (χ4n) is 2.28. The quantitative estimate of drug-likeness (QED) is 0.322. The van der Waals surface area contributed by atoms with E-state index in [2.05, 4.69) is 28.4 Å². The predicted molar refractivity (Wildman–Crippen MR) is 86.5 cm³/mol. The van der Waals surface area contributed by atoms with Gasteiger partial charge in [0, 0.05) is 21.4 Å². The highest BCUT2D eigenvalue weighted by Crippen LogP contribution is 2.34. The van der Waals surface area contributed by atoms with E-state index in [0.717, 1.165) is 32.4 Å².